The van der Waals surface area contributed by atoms with Crippen molar-refractivity contribution in [3.05, 3.63) is 28.2 Å². The Kier molecular flexibility index (Phi) is 9.89. The van der Waals surface area contributed by atoms with Crippen molar-refractivity contribution in [1.82, 2.24) is 9.62 Å². The molecule has 0 unspecified atom stereocenters. The van der Waals surface area contributed by atoms with E-state index in [9.17, 15) is 8.42 Å². The number of nitrogens with one attached hydrogen (secondary N) is 1. The Morgan fingerprint density at radius 2 is 1.78 bits per heavy atom. The Morgan fingerprint density at radius 1 is 1.09 bits per heavy atom. The molecule has 32 heavy (non-hydrogen) atoms. The van der Waals surface area contributed by atoms with Gasteiger partial charge in [0.15, 0.2) is 0 Å². The average molecular weight is 530 g/mol. The lowest BCUT2D eigenvalue weighted by molar-refractivity contribution is 0.174. The van der Waals surface area contributed by atoms with E-state index < -0.39 is 10.0 Å². The maximum absolute atomic E-state index is 11.4. The van der Waals surface area contributed by atoms with Crippen LogP contribution < -0.4 is 9.46 Å². The monoisotopic (exact) mass is 528 g/mol. The van der Waals surface area contributed by atoms with Gasteiger partial charge in [0, 0.05) is 10.5 Å². The fourth-order valence-electron chi connectivity index (χ4n) is 5.25. The van der Waals surface area contributed by atoms with E-state index >= 15 is 0 Å². The van der Waals surface area contributed by atoms with Gasteiger partial charge >= 0.3 is 0 Å². The molecule has 0 bridgehead atoms. The van der Waals surface area contributed by atoms with Crippen LogP contribution in [0.25, 0.3) is 0 Å². The molecule has 1 N–H and O–H groups in total. The molecule has 1 aliphatic carbocycles. The first-order chi connectivity index (χ1) is 15.2. The summed E-state index contributed by atoms with van der Waals surface area (Å²) in [5.41, 5.74) is 1.36. The first-order valence-electron chi connectivity index (χ1n) is 12.3. The maximum atomic E-state index is 11.4. The third-order valence-electron chi connectivity index (χ3n) is 6.92. The fraction of sp³-hybridized carbons (Fsp3) is 0.760. The summed E-state index contributed by atoms with van der Waals surface area (Å²) >= 11 is 3.73. The van der Waals surface area contributed by atoms with Crippen molar-refractivity contribution in [1.29, 1.82) is 0 Å². The molecule has 1 heterocycles. The molecule has 1 aromatic rings. The number of hydrogen-bond acceptors (Lipinski definition) is 4. The molecule has 2 aliphatic rings. The van der Waals surface area contributed by atoms with Crippen molar-refractivity contribution in [2.75, 3.05) is 25.9 Å². The van der Waals surface area contributed by atoms with Gasteiger partial charge in [-0.2, -0.15) is 0 Å². The van der Waals surface area contributed by atoms with Crippen LogP contribution in [0, 0.1) is 11.8 Å². The smallest absolute Gasteiger partial charge is 0.208 e. The average Bonchev–Trinajstić information content (AvgIpc) is 2.71. The van der Waals surface area contributed by atoms with Crippen molar-refractivity contribution in [3.63, 3.8) is 0 Å². The second kappa shape index (κ2) is 12.2. The topological polar surface area (TPSA) is 58.6 Å². The highest BCUT2D eigenvalue weighted by Crippen LogP contribution is 2.30. The number of piperidine rings is 1. The predicted molar refractivity (Wildman–Crippen MR) is 136 cm³/mol. The molecule has 1 saturated heterocycles. The molecule has 0 radical (unpaired) electrons. The molecule has 1 saturated carbocycles. The number of ether oxygens (including phenoxy) is 1. The molecular formula is C25H41BrN2O3S. The Hall–Kier alpha value is -0.630. The molecule has 2 fully saturated rings. The number of halogens is 1. The second-order valence-corrected chi connectivity index (χ2v) is 12.8. The molecule has 1 aromatic carbocycles. The molecule has 0 aromatic heterocycles. The van der Waals surface area contributed by atoms with Crippen LogP contribution in [-0.2, 0) is 16.4 Å². The Morgan fingerprint density at radius 3 is 2.41 bits per heavy atom. The van der Waals surface area contributed by atoms with E-state index in [0.29, 0.717) is 0 Å². The van der Waals surface area contributed by atoms with Gasteiger partial charge < -0.3 is 9.64 Å². The Balaban J connectivity index is 1.33. The quantitative estimate of drug-likeness (QED) is 0.442. The molecule has 3 rings (SSSR count). The lowest BCUT2D eigenvalue weighted by Gasteiger charge is -2.33. The van der Waals surface area contributed by atoms with Gasteiger partial charge in [-0.15, -0.1) is 0 Å². The van der Waals surface area contributed by atoms with E-state index in [0.717, 1.165) is 49.7 Å². The highest BCUT2D eigenvalue weighted by molar-refractivity contribution is 9.10. The molecule has 0 amide bonds. The van der Waals surface area contributed by atoms with E-state index in [1.54, 1.807) is 0 Å². The van der Waals surface area contributed by atoms with Gasteiger partial charge in [-0.1, -0.05) is 15.9 Å². The van der Waals surface area contributed by atoms with Crippen LogP contribution in [0.1, 0.15) is 70.8 Å². The van der Waals surface area contributed by atoms with Gasteiger partial charge in [0.25, 0.3) is 0 Å². The van der Waals surface area contributed by atoms with Crippen LogP contribution in [0.3, 0.4) is 0 Å². The van der Waals surface area contributed by atoms with Gasteiger partial charge in [0.2, 0.25) is 10.0 Å². The van der Waals surface area contributed by atoms with Gasteiger partial charge in [0.1, 0.15) is 5.75 Å². The summed E-state index contributed by atoms with van der Waals surface area (Å²) < 4.78 is 32.6. The zero-order chi connectivity index (χ0) is 23.1. The molecule has 7 heteroatoms. The summed E-state index contributed by atoms with van der Waals surface area (Å²) in [7, 11) is -3.07. The summed E-state index contributed by atoms with van der Waals surface area (Å²) in [6, 6.07) is 6.52. The van der Waals surface area contributed by atoms with Crippen molar-refractivity contribution in [3.8, 4) is 5.75 Å². The molecule has 5 nitrogen and oxygen atoms in total. The minimum atomic E-state index is -3.07. The summed E-state index contributed by atoms with van der Waals surface area (Å²) in [4.78, 5) is 2.64. The molecule has 0 spiro atoms. The molecule has 182 valence electrons. The third-order valence-corrected chi connectivity index (χ3v) is 8.45. The first-order valence-corrected chi connectivity index (χ1v) is 15.0. The fourth-order valence-corrected chi connectivity index (χ4v) is 6.50. The highest BCUT2D eigenvalue weighted by Gasteiger charge is 2.24. The SMILES string of the molecule is CC(C)Oc1ccc(Br)c(CC2CCN(CCCC3CCC(NS(C)(=O)=O)CC3)CC2)c1. The lowest BCUT2D eigenvalue weighted by Crippen LogP contribution is -2.37. The number of nitrogens with zero attached hydrogens (tertiary/aromatic N) is 1. The van der Waals surface area contributed by atoms with Crippen LogP contribution in [-0.4, -0.2) is 51.4 Å². The summed E-state index contributed by atoms with van der Waals surface area (Å²) in [6.07, 6.45) is 12.0. The second-order valence-electron chi connectivity index (χ2n) is 10.2. The molecular weight excluding hydrogens is 488 g/mol. The summed E-state index contributed by atoms with van der Waals surface area (Å²) in [5, 5.41) is 0. The molecule has 1 aliphatic heterocycles. The normalized spacial score (nSPS) is 23.5. The number of hydrogen-bond donors (Lipinski definition) is 1. The van der Waals surface area contributed by atoms with E-state index in [2.05, 4.69) is 51.5 Å². The third kappa shape index (κ3) is 8.96. The van der Waals surface area contributed by atoms with E-state index in [-0.39, 0.29) is 12.1 Å². The zero-order valence-electron chi connectivity index (χ0n) is 20.0. The predicted octanol–water partition coefficient (Wildman–Crippen LogP) is 5.38. The number of likely N-dealkylation sites (tertiary alicyclic amines) is 1. The Bertz CT molecular complexity index is 814. The minimum Gasteiger partial charge on any atom is -0.491 e. The van der Waals surface area contributed by atoms with Gasteiger partial charge in [-0.05, 0) is 127 Å². The van der Waals surface area contributed by atoms with Crippen LogP contribution in [0.5, 0.6) is 5.75 Å². The summed E-state index contributed by atoms with van der Waals surface area (Å²) in [5.74, 6) is 2.48. The van der Waals surface area contributed by atoms with Crippen LogP contribution in [0.2, 0.25) is 0 Å². The zero-order valence-corrected chi connectivity index (χ0v) is 22.4. The van der Waals surface area contributed by atoms with Crippen molar-refractivity contribution in [2.24, 2.45) is 11.8 Å². The van der Waals surface area contributed by atoms with Crippen LogP contribution >= 0.6 is 15.9 Å². The largest absolute Gasteiger partial charge is 0.491 e. The maximum Gasteiger partial charge on any atom is 0.208 e. The van der Waals surface area contributed by atoms with E-state index in [1.165, 1.54) is 61.6 Å². The number of benzene rings is 1. The standard InChI is InChI=1S/C25H41BrN2O3S/c1-19(2)31-24-10-11-25(26)22(18-24)17-21-12-15-28(16-13-21)14-4-5-20-6-8-23(9-7-20)27-32(3,29)30/h10-11,18-21,23,27H,4-9,12-17H2,1-3H3. The summed E-state index contributed by atoms with van der Waals surface area (Å²) in [6.45, 7) is 7.75. The van der Waals surface area contributed by atoms with E-state index in [4.69, 9.17) is 4.74 Å². The van der Waals surface area contributed by atoms with Gasteiger partial charge in [-0.25, -0.2) is 13.1 Å². The van der Waals surface area contributed by atoms with Crippen molar-refractivity contribution >= 4 is 26.0 Å². The minimum absolute atomic E-state index is 0.151. The van der Waals surface area contributed by atoms with Gasteiger partial charge in [0.05, 0.1) is 12.4 Å². The highest BCUT2D eigenvalue weighted by atomic mass is 79.9. The lowest BCUT2D eigenvalue weighted by atomic mass is 9.83. The van der Waals surface area contributed by atoms with Gasteiger partial charge in [-0.3, -0.25) is 0 Å². The molecule has 0 atom stereocenters. The van der Waals surface area contributed by atoms with E-state index in [1.807, 2.05) is 6.07 Å². The van der Waals surface area contributed by atoms with Crippen molar-refractivity contribution < 1.29 is 13.2 Å². The van der Waals surface area contributed by atoms with Crippen molar-refractivity contribution in [2.45, 2.75) is 83.8 Å². The number of rotatable bonds is 10. The first kappa shape index (κ1) is 26.0. The van der Waals surface area contributed by atoms with Crippen LogP contribution in [0.15, 0.2) is 22.7 Å². The van der Waals surface area contributed by atoms with Crippen LogP contribution in [0.4, 0.5) is 0 Å². The number of sulfonamides is 1. The Labute approximate surface area is 203 Å².